The van der Waals surface area contributed by atoms with Gasteiger partial charge in [0.2, 0.25) is 5.91 Å². The highest BCUT2D eigenvalue weighted by Gasteiger charge is 2.53. The lowest BCUT2D eigenvalue weighted by Gasteiger charge is -2.21. The highest BCUT2D eigenvalue weighted by atomic mass is 16.5. The summed E-state index contributed by atoms with van der Waals surface area (Å²) in [5.41, 5.74) is 0.533. The number of carbonyl (C=O) groups is 2. The average Bonchev–Trinajstić information content (AvgIpc) is 3.10. The predicted octanol–water partition coefficient (Wildman–Crippen LogP) is 1.68. The van der Waals surface area contributed by atoms with Crippen LogP contribution < -0.4 is 10.1 Å². The Hall–Kier alpha value is -2.34. The smallest absolute Gasteiger partial charge is 0.310 e. The number of fused-ring (bicyclic) bond motifs is 2. The molecule has 1 amide bonds. The molecule has 22 heavy (non-hydrogen) atoms. The molecule has 1 fully saturated rings. The predicted molar refractivity (Wildman–Crippen MR) is 78.7 cm³/mol. The minimum absolute atomic E-state index is 0.364. The molecule has 0 spiro atoms. The van der Waals surface area contributed by atoms with E-state index in [1.54, 1.807) is 30.4 Å². The third-order valence-electron chi connectivity index (χ3n) is 3.93. The van der Waals surface area contributed by atoms with Gasteiger partial charge in [-0.1, -0.05) is 24.3 Å². The minimum Gasteiger partial charge on any atom is -0.492 e. The molecule has 0 saturated carbocycles. The summed E-state index contributed by atoms with van der Waals surface area (Å²) >= 11 is 0. The summed E-state index contributed by atoms with van der Waals surface area (Å²) in [4.78, 5) is 23.9. The number of anilines is 1. The van der Waals surface area contributed by atoms with E-state index in [1.807, 2.05) is 13.0 Å². The van der Waals surface area contributed by atoms with Gasteiger partial charge in [0.1, 0.15) is 11.7 Å². The van der Waals surface area contributed by atoms with Crippen LogP contribution in [0, 0.1) is 11.8 Å². The number of carbonyl (C=O) groups excluding carboxylic acids is 1. The monoisotopic (exact) mass is 303 g/mol. The van der Waals surface area contributed by atoms with E-state index in [4.69, 9.17) is 9.47 Å². The molecular weight excluding hydrogens is 286 g/mol. The number of rotatable bonds is 5. The molecule has 1 saturated heterocycles. The van der Waals surface area contributed by atoms with Crippen molar-refractivity contribution in [1.82, 2.24) is 0 Å². The second-order valence-electron chi connectivity index (χ2n) is 5.26. The van der Waals surface area contributed by atoms with Crippen molar-refractivity contribution in [2.24, 2.45) is 11.8 Å². The number of amides is 1. The largest absolute Gasteiger partial charge is 0.492 e. The number of nitrogens with one attached hydrogen (secondary N) is 1. The summed E-state index contributed by atoms with van der Waals surface area (Å²) in [6.07, 6.45) is 2.45. The molecule has 1 aromatic carbocycles. The molecule has 6 heteroatoms. The van der Waals surface area contributed by atoms with Crippen LogP contribution in [-0.4, -0.2) is 35.8 Å². The van der Waals surface area contributed by atoms with Crippen molar-refractivity contribution in [2.75, 3.05) is 11.9 Å². The number of hydrogen-bond donors (Lipinski definition) is 2. The molecule has 0 unspecified atom stereocenters. The summed E-state index contributed by atoms with van der Waals surface area (Å²) in [7, 11) is 0. The van der Waals surface area contributed by atoms with Crippen LogP contribution >= 0.6 is 0 Å². The fourth-order valence-corrected chi connectivity index (χ4v) is 2.98. The first kappa shape index (κ1) is 14.6. The first-order valence-electron chi connectivity index (χ1n) is 7.21. The van der Waals surface area contributed by atoms with Crippen LogP contribution in [-0.2, 0) is 14.3 Å². The Morgan fingerprint density at radius 3 is 2.59 bits per heavy atom. The normalized spacial score (nSPS) is 28.6. The summed E-state index contributed by atoms with van der Waals surface area (Å²) in [5.74, 6) is -2.41. The van der Waals surface area contributed by atoms with Gasteiger partial charge in [0.15, 0.2) is 0 Å². The van der Waals surface area contributed by atoms with E-state index in [9.17, 15) is 14.7 Å². The Kier molecular flexibility index (Phi) is 3.85. The molecular formula is C16H17NO5. The third-order valence-corrected chi connectivity index (χ3v) is 3.93. The van der Waals surface area contributed by atoms with E-state index in [0.717, 1.165) is 0 Å². The maximum absolute atomic E-state index is 12.5. The van der Waals surface area contributed by atoms with Crippen LogP contribution in [0.4, 0.5) is 5.69 Å². The van der Waals surface area contributed by atoms with Crippen molar-refractivity contribution in [3.8, 4) is 5.75 Å². The molecule has 116 valence electrons. The lowest BCUT2D eigenvalue weighted by atomic mass is 9.82. The minimum atomic E-state index is -1.02. The average molecular weight is 303 g/mol. The molecule has 2 heterocycles. The van der Waals surface area contributed by atoms with Crippen LogP contribution in [0.3, 0.4) is 0 Å². The SMILES string of the molecule is CCOc1ccccc1NC(=O)[C@H]1[C@@H](C(=O)O)[C@@H]2C=C[C@H]1O2. The number of aliphatic carboxylic acids is 1. The maximum Gasteiger partial charge on any atom is 0.310 e. The number of carboxylic acid groups (broad SMARTS) is 1. The van der Waals surface area contributed by atoms with Gasteiger partial charge in [0.25, 0.3) is 0 Å². The number of para-hydroxylation sites is 2. The van der Waals surface area contributed by atoms with E-state index in [0.29, 0.717) is 18.0 Å². The van der Waals surface area contributed by atoms with E-state index in [-0.39, 0.29) is 5.91 Å². The molecule has 0 radical (unpaired) electrons. The van der Waals surface area contributed by atoms with Gasteiger partial charge in [-0.05, 0) is 19.1 Å². The van der Waals surface area contributed by atoms with Crippen LogP contribution in [0.25, 0.3) is 0 Å². The number of hydrogen-bond acceptors (Lipinski definition) is 4. The Balaban J connectivity index is 1.80. The van der Waals surface area contributed by atoms with Crippen molar-refractivity contribution < 1.29 is 24.2 Å². The van der Waals surface area contributed by atoms with Crippen LogP contribution in [0.2, 0.25) is 0 Å². The Morgan fingerprint density at radius 2 is 1.91 bits per heavy atom. The summed E-state index contributed by atoms with van der Waals surface area (Å²) in [6.45, 7) is 2.33. The molecule has 2 N–H and O–H groups in total. The van der Waals surface area contributed by atoms with Crippen LogP contribution in [0.15, 0.2) is 36.4 Å². The first-order chi connectivity index (χ1) is 10.6. The molecule has 4 atom stereocenters. The maximum atomic E-state index is 12.5. The van der Waals surface area contributed by atoms with E-state index in [2.05, 4.69) is 5.32 Å². The van der Waals surface area contributed by atoms with Gasteiger partial charge in [0, 0.05) is 0 Å². The van der Waals surface area contributed by atoms with E-state index < -0.39 is 30.0 Å². The van der Waals surface area contributed by atoms with Crippen molar-refractivity contribution in [3.05, 3.63) is 36.4 Å². The van der Waals surface area contributed by atoms with E-state index in [1.165, 1.54) is 0 Å². The van der Waals surface area contributed by atoms with Crippen molar-refractivity contribution in [1.29, 1.82) is 0 Å². The van der Waals surface area contributed by atoms with Crippen LogP contribution in [0.1, 0.15) is 6.92 Å². The van der Waals surface area contributed by atoms with Crippen molar-refractivity contribution in [3.63, 3.8) is 0 Å². The van der Waals surface area contributed by atoms with Gasteiger partial charge in [-0.25, -0.2) is 0 Å². The lowest BCUT2D eigenvalue weighted by Crippen LogP contribution is -2.39. The van der Waals surface area contributed by atoms with Gasteiger partial charge in [0.05, 0.1) is 30.4 Å². The van der Waals surface area contributed by atoms with Gasteiger partial charge in [-0.15, -0.1) is 0 Å². The lowest BCUT2D eigenvalue weighted by molar-refractivity contribution is -0.145. The molecule has 2 bridgehead atoms. The summed E-state index contributed by atoms with van der Waals surface area (Å²) < 4.78 is 11.0. The molecule has 3 rings (SSSR count). The Bertz CT molecular complexity index is 627. The van der Waals surface area contributed by atoms with Gasteiger partial charge < -0.3 is 19.9 Å². The second-order valence-corrected chi connectivity index (χ2v) is 5.26. The Labute approximate surface area is 127 Å². The zero-order chi connectivity index (χ0) is 15.7. The number of carboxylic acids is 1. The molecule has 2 aliphatic heterocycles. The standard InChI is InChI=1S/C16H17NO5/c1-2-21-10-6-4-3-5-9(10)17-15(18)13-11-7-8-12(22-11)14(13)16(19)20/h3-8,11-14H,2H2,1H3,(H,17,18)(H,19,20)/t11-,12+,13-,14+/m1/s1. The molecule has 1 aromatic rings. The summed E-state index contributed by atoms with van der Waals surface area (Å²) in [6, 6.07) is 7.07. The zero-order valence-corrected chi connectivity index (χ0v) is 12.1. The molecule has 0 aromatic heterocycles. The quantitative estimate of drug-likeness (QED) is 0.808. The summed E-state index contributed by atoms with van der Waals surface area (Å²) in [5, 5.41) is 12.1. The fraction of sp³-hybridized carbons (Fsp3) is 0.375. The number of benzene rings is 1. The molecule has 2 aliphatic rings. The Morgan fingerprint density at radius 1 is 1.23 bits per heavy atom. The fourth-order valence-electron chi connectivity index (χ4n) is 2.98. The topological polar surface area (TPSA) is 84.9 Å². The van der Waals surface area contributed by atoms with Gasteiger partial charge in [-0.3, -0.25) is 9.59 Å². The van der Waals surface area contributed by atoms with Crippen molar-refractivity contribution >= 4 is 17.6 Å². The number of ether oxygens (including phenoxy) is 2. The first-order valence-corrected chi connectivity index (χ1v) is 7.21. The molecule has 0 aliphatic carbocycles. The highest BCUT2D eigenvalue weighted by molar-refractivity contribution is 5.97. The third kappa shape index (κ3) is 2.46. The van der Waals surface area contributed by atoms with Crippen molar-refractivity contribution in [2.45, 2.75) is 19.1 Å². The van der Waals surface area contributed by atoms with E-state index >= 15 is 0 Å². The second kappa shape index (κ2) is 5.81. The molecule has 6 nitrogen and oxygen atoms in total. The van der Waals surface area contributed by atoms with Crippen LogP contribution in [0.5, 0.6) is 5.75 Å². The van der Waals surface area contributed by atoms with Gasteiger partial charge >= 0.3 is 5.97 Å². The van der Waals surface area contributed by atoms with Gasteiger partial charge in [-0.2, -0.15) is 0 Å². The highest BCUT2D eigenvalue weighted by Crippen LogP contribution is 2.40. The zero-order valence-electron chi connectivity index (χ0n) is 12.1.